The second kappa shape index (κ2) is 20.8. The maximum Gasteiger partial charge on any atom is 0.246 e. The number of aromatic nitrogens is 6. The summed E-state index contributed by atoms with van der Waals surface area (Å²) in [5.74, 6) is -0.705. The van der Waals surface area contributed by atoms with Gasteiger partial charge in [0.2, 0.25) is 17.7 Å². The van der Waals surface area contributed by atoms with Crippen LogP contribution in [-0.4, -0.2) is 109 Å². The van der Waals surface area contributed by atoms with Crippen molar-refractivity contribution >= 4 is 63.2 Å². The first-order valence-electron chi connectivity index (χ1n) is 21.3. The molecule has 19 heteroatoms. The standard InChI is InChI=1S/C46H53Cl2N9O7S/c1-26(29-7-9-30(10-8-29)42-27(2)50-25-65-42)52-44(60)38-17-32(58)23-57(38)45(61)43(46(4,5)6)53-39(59)24-63-16-15-62-14-13-56-22-31(19-51-56)41-34-18-33(11-12-37(34)54-55-41)64-28(3)40-35(47)20-49-21-36(40)48/h7-12,18-22,25-26,28,32,38,43,58H,13-17,23-24H2,1-6H3,(H,52,60)(H,53,59)(H,54,55)/t26-,28+,32+,38-,43+/m0/s1. The minimum absolute atomic E-state index is 0.0270. The average molecular weight is 947 g/mol. The number of pyridine rings is 1. The Kier molecular flexibility index (Phi) is 15.2. The van der Waals surface area contributed by atoms with E-state index in [1.807, 2.05) is 95.7 Å². The van der Waals surface area contributed by atoms with Gasteiger partial charge in [-0.15, -0.1) is 11.3 Å². The highest BCUT2D eigenvalue weighted by atomic mass is 35.5. The van der Waals surface area contributed by atoms with E-state index in [0.29, 0.717) is 40.2 Å². The first-order chi connectivity index (χ1) is 31.1. The Bertz CT molecular complexity index is 2590. The van der Waals surface area contributed by atoms with Crippen LogP contribution in [0.4, 0.5) is 0 Å². The van der Waals surface area contributed by atoms with E-state index in [1.165, 1.54) is 17.3 Å². The molecule has 344 valence electrons. The Balaban J connectivity index is 0.850. The lowest BCUT2D eigenvalue weighted by Crippen LogP contribution is -2.58. The number of H-pyrrole nitrogens is 1. The molecule has 2 aromatic carbocycles. The van der Waals surface area contributed by atoms with Gasteiger partial charge >= 0.3 is 0 Å². The number of ether oxygens (including phenoxy) is 3. The molecule has 3 amide bonds. The van der Waals surface area contributed by atoms with Crippen molar-refractivity contribution in [3.05, 3.63) is 99.6 Å². The quantitative estimate of drug-likeness (QED) is 0.0641. The number of aliphatic hydroxyl groups excluding tert-OH is 1. The molecule has 1 saturated heterocycles. The van der Waals surface area contributed by atoms with Gasteiger partial charge in [0.05, 0.1) is 76.4 Å². The maximum atomic E-state index is 14.1. The molecule has 0 aliphatic carbocycles. The van der Waals surface area contributed by atoms with Crippen molar-refractivity contribution in [2.75, 3.05) is 33.0 Å². The second-order valence-electron chi connectivity index (χ2n) is 17.1. The minimum Gasteiger partial charge on any atom is -0.486 e. The molecule has 65 heavy (non-hydrogen) atoms. The normalized spacial score (nSPS) is 16.7. The van der Waals surface area contributed by atoms with Gasteiger partial charge in [0.1, 0.15) is 36.2 Å². The number of hydrogen-bond acceptors (Lipinski definition) is 12. The lowest BCUT2D eigenvalue weighted by Gasteiger charge is -2.35. The Labute approximate surface area is 391 Å². The second-order valence-corrected chi connectivity index (χ2v) is 18.8. The maximum absolute atomic E-state index is 14.1. The zero-order chi connectivity index (χ0) is 46.4. The van der Waals surface area contributed by atoms with Crippen molar-refractivity contribution in [1.82, 2.24) is 45.5 Å². The van der Waals surface area contributed by atoms with Crippen molar-refractivity contribution in [3.63, 3.8) is 0 Å². The molecular formula is C46H53Cl2N9O7S. The lowest BCUT2D eigenvalue weighted by atomic mass is 9.85. The third-order valence-electron chi connectivity index (χ3n) is 11.2. The number of likely N-dealkylation sites (tertiary alicyclic amines) is 1. The lowest BCUT2D eigenvalue weighted by molar-refractivity contribution is -0.144. The third-order valence-corrected chi connectivity index (χ3v) is 12.8. The number of hydrogen-bond donors (Lipinski definition) is 4. The highest BCUT2D eigenvalue weighted by molar-refractivity contribution is 7.13. The first-order valence-corrected chi connectivity index (χ1v) is 22.9. The SMILES string of the molecule is Cc1ncsc1-c1ccc([C@H](C)NC(=O)[C@@H]2C[C@@H](O)CN2C(=O)[C@@H](NC(=O)COCCOCCn2cc(-c3n[nH]c4ccc(O[C@H](C)c5c(Cl)cncc5Cl)cc34)cn2)C(C)(C)C)cc1. The summed E-state index contributed by atoms with van der Waals surface area (Å²) < 4.78 is 19.3. The Hall–Kier alpha value is -5.43. The van der Waals surface area contributed by atoms with Crippen molar-refractivity contribution in [3.8, 4) is 27.4 Å². The topological polar surface area (TPSA) is 199 Å². The molecule has 1 fully saturated rings. The predicted molar refractivity (Wildman–Crippen MR) is 249 cm³/mol. The van der Waals surface area contributed by atoms with E-state index in [-0.39, 0.29) is 44.7 Å². The minimum atomic E-state index is -0.982. The molecule has 16 nitrogen and oxygen atoms in total. The number of β-amino-alcohol motifs (C(OH)–C–C–N with tert-alkyl or cyclic N) is 1. The zero-order valence-corrected chi connectivity index (χ0v) is 39.3. The van der Waals surface area contributed by atoms with Gasteiger partial charge in [0.15, 0.2) is 0 Å². The van der Waals surface area contributed by atoms with E-state index in [2.05, 4.69) is 35.9 Å². The Morgan fingerprint density at radius 1 is 0.985 bits per heavy atom. The van der Waals surface area contributed by atoms with Gasteiger partial charge in [0.25, 0.3) is 0 Å². The molecule has 0 spiro atoms. The fraction of sp³-hybridized carbons (Fsp3) is 0.413. The summed E-state index contributed by atoms with van der Waals surface area (Å²) >= 11 is 14.3. The van der Waals surface area contributed by atoms with Gasteiger partial charge in [-0.3, -0.25) is 29.1 Å². The van der Waals surface area contributed by atoms with E-state index >= 15 is 0 Å². The van der Waals surface area contributed by atoms with Crippen LogP contribution in [0.25, 0.3) is 32.6 Å². The van der Waals surface area contributed by atoms with Crippen LogP contribution >= 0.6 is 34.5 Å². The number of amides is 3. The number of carbonyl (C=O) groups excluding carboxylic acids is 3. The van der Waals surface area contributed by atoms with E-state index in [1.54, 1.807) is 22.2 Å². The summed E-state index contributed by atoms with van der Waals surface area (Å²) in [5, 5.41) is 30.2. The molecular weight excluding hydrogens is 894 g/mol. The van der Waals surface area contributed by atoms with Crippen LogP contribution in [-0.2, 0) is 30.4 Å². The van der Waals surface area contributed by atoms with Crippen LogP contribution in [0, 0.1) is 12.3 Å². The van der Waals surface area contributed by atoms with Crippen LogP contribution in [0.5, 0.6) is 5.75 Å². The molecule has 6 aromatic rings. The van der Waals surface area contributed by atoms with E-state index in [0.717, 1.165) is 38.2 Å². The third kappa shape index (κ3) is 11.5. The summed E-state index contributed by atoms with van der Waals surface area (Å²) in [6.45, 7) is 12.0. The summed E-state index contributed by atoms with van der Waals surface area (Å²) in [6.07, 6.45) is 5.45. The predicted octanol–water partition coefficient (Wildman–Crippen LogP) is 7.10. The number of aromatic amines is 1. The molecule has 0 radical (unpaired) electrons. The molecule has 0 bridgehead atoms. The number of rotatable bonds is 18. The van der Waals surface area contributed by atoms with Crippen molar-refractivity contribution in [2.24, 2.45) is 5.41 Å². The summed E-state index contributed by atoms with van der Waals surface area (Å²) in [5.41, 5.74) is 6.99. The molecule has 4 aromatic heterocycles. The van der Waals surface area contributed by atoms with Crippen LogP contribution < -0.4 is 15.4 Å². The van der Waals surface area contributed by atoms with E-state index in [4.69, 9.17) is 37.4 Å². The van der Waals surface area contributed by atoms with Crippen LogP contribution in [0.3, 0.4) is 0 Å². The molecule has 0 saturated carbocycles. The first kappa shape index (κ1) is 47.5. The van der Waals surface area contributed by atoms with Gasteiger partial charge in [0, 0.05) is 48.1 Å². The number of fused-ring (bicyclic) bond motifs is 1. The Morgan fingerprint density at radius 2 is 1.72 bits per heavy atom. The summed E-state index contributed by atoms with van der Waals surface area (Å²) in [7, 11) is 0. The van der Waals surface area contributed by atoms with Gasteiger partial charge in [-0.2, -0.15) is 10.2 Å². The molecule has 4 N–H and O–H groups in total. The Morgan fingerprint density at radius 3 is 2.43 bits per heavy atom. The number of benzene rings is 2. The summed E-state index contributed by atoms with van der Waals surface area (Å²) in [6, 6.07) is 11.3. The molecule has 5 heterocycles. The van der Waals surface area contributed by atoms with Gasteiger partial charge in [-0.1, -0.05) is 68.2 Å². The molecule has 5 atom stereocenters. The largest absolute Gasteiger partial charge is 0.486 e. The van der Waals surface area contributed by atoms with E-state index in [9.17, 15) is 19.5 Å². The molecule has 7 rings (SSSR count). The van der Waals surface area contributed by atoms with Crippen LogP contribution in [0.2, 0.25) is 10.0 Å². The van der Waals surface area contributed by atoms with Crippen molar-refractivity contribution in [2.45, 2.75) is 84.8 Å². The highest BCUT2D eigenvalue weighted by Gasteiger charge is 2.44. The fourth-order valence-electron chi connectivity index (χ4n) is 7.73. The van der Waals surface area contributed by atoms with E-state index < -0.39 is 41.5 Å². The van der Waals surface area contributed by atoms with Gasteiger partial charge in [-0.25, -0.2) is 4.98 Å². The zero-order valence-electron chi connectivity index (χ0n) is 37.0. The number of nitrogens with zero attached hydrogens (tertiary/aromatic N) is 6. The number of carbonyl (C=O) groups is 3. The number of thiazole rings is 1. The van der Waals surface area contributed by atoms with Crippen LogP contribution in [0.15, 0.2) is 72.8 Å². The molecule has 1 aliphatic heterocycles. The number of halogens is 2. The van der Waals surface area contributed by atoms with Crippen LogP contribution in [0.1, 0.15) is 70.0 Å². The fourth-order valence-corrected chi connectivity index (χ4v) is 9.21. The van der Waals surface area contributed by atoms with Gasteiger partial charge in [-0.05, 0) is 55.5 Å². The molecule has 1 aliphatic rings. The van der Waals surface area contributed by atoms with Gasteiger partial charge < -0.3 is 34.9 Å². The number of aryl methyl sites for hydroxylation is 1. The number of nitrogens with one attached hydrogen (secondary N) is 3. The highest BCUT2D eigenvalue weighted by Crippen LogP contribution is 2.35. The smallest absolute Gasteiger partial charge is 0.246 e. The van der Waals surface area contributed by atoms with Crippen molar-refractivity contribution in [1.29, 1.82) is 0 Å². The van der Waals surface area contributed by atoms with Crippen molar-refractivity contribution < 1.29 is 33.7 Å². The summed E-state index contributed by atoms with van der Waals surface area (Å²) in [4.78, 5) is 51.6. The number of aliphatic hydroxyl groups is 1. The molecule has 0 unspecified atom stereocenters. The average Bonchev–Trinajstić information content (AvgIpc) is 4.09. The monoisotopic (exact) mass is 945 g/mol.